The molecular weight excluding hydrogens is 218 g/mol. The number of hydrogen-bond acceptors (Lipinski definition) is 3. The zero-order valence-electron chi connectivity index (χ0n) is 9.69. The third-order valence-electron chi connectivity index (χ3n) is 2.21. The highest BCUT2D eigenvalue weighted by molar-refractivity contribution is 6.21. The Hall–Kier alpha value is -2.23. The molecule has 1 N–H and O–H groups in total. The van der Waals surface area contributed by atoms with Crippen molar-refractivity contribution in [3.63, 3.8) is 0 Å². The van der Waals surface area contributed by atoms with Crippen LogP contribution >= 0.6 is 0 Å². The highest BCUT2D eigenvalue weighted by Gasteiger charge is 2.08. The van der Waals surface area contributed by atoms with Crippen LogP contribution in [0.4, 0.5) is 5.69 Å². The zero-order valence-corrected chi connectivity index (χ0v) is 9.69. The fourth-order valence-corrected chi connectivity index (χ4v) is 1.36. The normalized spacial score (nSPS) is 9.29. The first-order valence-corrected chi connectivity index (χ1v) is 5.08. The van der Waals surface area contributed by atoms with Crippen molar-refractivity contribution in [2.45, 2.75) is 13.8 Å². The number of rotatable bonds is 5. The third kappa shape index (κ3) is 3.68. The molecule has 0 aliphatic heterocycles. The molecule has 0 fully saturated rings. The van der Waals surface area contributed by atoms with Crippen LogP contribution in [0, 0.1) is 0 Å². The lowest BCUT2D eigenvalue weighted by molar-refractivity contribution is -0.119. The SMILES string of the molecule is CC(=O)C(=Cc1ccc(NC=O)cc1)C(C)=O. The van der Waals surface area contributed by atoms with Gasteiger partial charge in [-0.15, -0.1) is 0 Å². The van der Waals surface area contributed by atoms with Crippen LogP contribution in [-0.4, -0.2) is 18.0 Å². The minimum Gasteiger partial charge on any atom is -0.329 e. The highest BCUT2D eigenvalue weighted by atomic mass is 16.1. The van der Waals surface area contributed by atoms with E-state index in [0.717, 1.165) is 5.56 Å². The van der Waals surface area contributed by atoms with Gasteiger partial charge in [0.1, 0.15) is 0 Å². The molecule has 1 aromatic carbocycles. The molecule has 0 bridgehead atoms. The molecule has 0 aromatic heterocycles. The zero-order chi connectivity index (χ0) is 12.8. The largest absolute Gasteiger partial charge is 0.329 e. The summed E-state index contributed by atoms with van der Waals surface area (Å²) in [7, 11) is 0. The minimum absolute atomic E-state index is 0.168. The first-order valence-electron chi connectivity index (χ1n) is 5.08. The van der Waals surface area contributed by atoms with Crippen molar-refractivity contribution >= 4 is 29.7 Å². The standard InChI is InChI=1S/C13H13NO3/c1-9(16)13(10(2)17)7-11-3-5-12(6-4-11)14-8-15/h3-8H,1-2H3,(H,14,15). The monoisotopic (exact) mass is 231 g/mol. The minimum atomic E-state index is -0.257. The van der Waals surface area contributed by atoms with E-state index in [1.807, 2.05) is 0 Å². The van der Waals surface area contributed by atoms with Crippen LogP contribution in [0.15, 0.2) is 29.8 Å². The average Bonchev–Trinajstić information content (AvgIpc) is 2.27. The van der Waals surface area contributed by atoms with Crippen molar-refractivity contribution in [3.8, 4) is 0 Å². The molecule has 1 rings (SSSR count). The lowest BCUT2D eigenvalue weighted by atomic mass is 10.0. The molecule has 0 heterocycles. The lowest BCUT2D eigenvalue weighted by Crippen LogP contribution is -2.05. The molecule has 17 heavy (non-hydrogen) atoms. The number of amides is 1. The molecule has 0 radical (unpaired) electrons. The van der Waals surface area contributed by atoms with E-state index in [-0.39, 0.29) is 17.1 Å². The van der Waals surface area contributed by atoms with Gasteiger partial charge in [-0.05, 0) is 37.6 Å². The molecule has 0 unspecified atom stereocenters. The van der Waals surface area contributed by atoms with Gasteiger partial charge in [0.05, 0.1) is 5.57 Å². The Morgan fingerprint density at radius 3 is 2.00 bits per heavy atom. The van der Waals surface area contributed by atoms with Gasteiger partial charge in [0, 0.05) is 5.69 Å². The Morgan fingerprint density at radius 2 is 1.59 bits per heavy atom. The van der Waals surface area contributed by atoms with Crippen LogP contribution in [0.3, 0.4) is 0 Å². The molecule has 0 atom stereocenters. The number of allylic oxidation sites excluding steroid dienone is 1. The Kier molecular flexibility index (Phi) is 4.34. The van der Waals surface area contributed by atoms with E-state index in [2.05, 4.69) is 5.32 Å². The number of carbonyl (C=O) groups is 3. The molecular formula is C13H13NO3. The molecule has 1 amide bonds. The molecule has 1 aromatic rings. The summed E-state index contributed by atoms with van der Waals surface area (Å²) in [5, 5.41) is 2.50. The molecule has 4 nitrogen and oxygen atoms in total. The van der Waals surface area contributed by atoms with Crippen molar-refractivity contribution in [2.24, 2.45) is 0 Å². The number of nitrogens with one attached hydrogen (secondary N) is 1. The van der Waals surface area contributed by atoms with E-state index in [9.17, 15) is 14.4 Å². The summed E-state index contributed by atoms with van der Waals surface area (Å²) in [6, 6.07) is 6.83. The summed E-state index contributed by atoms with van der Waals surface area (Å²) in [6.45, 7) is 2.71. The maximum absolute atomic E-state index is 11.2. The Balaban J connectivity index is 3.00. The maximum atomic E-state index is 11.2. The average molecular weight is 231 g/mol. The number of ketones is 2. The highest BCUT2D eigenvalue weighted by Crippen LogP contribution is 2.13. The van der Waals surface area contributed by atoms with Crippen molar-refractivity contribution in [1.29, 1.82) is 0 Å². The maximum Gasteiger partial charge on any atom is 0.211 e. The van der Waals surface area contributed by atoms with Crippen molar-refractivity contribution in [3.05, 3.63) is 35.4 Å². The second kappa shape index (κ2) is 5.75. The predicted octanol–water partition coefficient (Wildman–Crippen LogP) is 1.82. The van der Waals surface area contributed by atoms with E-state index in [1.54, 1.807) is 24.3 Å². The number of carbonyl (C=O) groups excluding carboxylic acids is 3. The van der Waals surface area contributed by atoms with Crippen LogP contribution < -0.4 is 5.32 Å². The van der Waals surface area contributed by atoms with Gasteiger partial charge in [-0.1, -0.05) is 12.1 Å². The fraction of sp³-hybridized carbons (Fsp3) is 0.154. The Labute approximate surface area is 99.3 Å². The summed E-state index contributed by atoms with van der Waals surface area (Å²) in [6.07, 6.45) is 2.12. The van der Waals surface area contributed by atoms with Crippen LogP contribution in [0.1, 0.15) is 19.4 Å². The van der Waals surface area contributed by atoms with Gasteiger partial charge in [0.2, 0.25) is 6.41 Å². The molecule has 0 aliphatic carbocycles. The number of anilines is 1. The van der Waals surface area contributed by atoms with E-state index < -0.39 is 0 Å². The molecule has 4 heteroatoms. The molecule has 0 aliphatic rings. The van der Waals surface area contributed by atoms with Gasteiger partial charge in [-0.2, -0.15) is 0 Å². The molecule has 0 spiro atoms. The smallest absolute Gasteiger partial charge is 0.211 e. The summed E-state index contributed by atoms with van der Waals surface area (Å²) >= 11 is 0. The first kappa shape index (κ1) is 12.8. The number of hydrogen-bond donors (Lipinski definition) is 1. The van der Waals surface area contributed by atoms with Crippen LogP contribution in [0.5, 0.6) is 0 Å². The molecule has 0 saturated carbocycles. The van der Waals surface area contributed by atoms with Gasteiger partial charge >= 0.3 is 0 Å². The fourth-order valence-electron chi connectivity index (χ4n) is 1.36. The van der Waals surface area contributed by atoms with Gasteiger partial charge in [0.15, 0.2) is 11.6 Å². The van der Waals surface area contributed by atoms with Gasteiger partial charge in [0.25, 0.3) is 0 Å². The van der Waals surface area contributed by atoms with E-state index >= 15 is 0 Å². The van der Waals surface area contributed by atoms with Gasteiger partial charge < -0.3 is 5.32 Å². The van der Waals surface area contributed by atoms with Gasteiger partial charge in [-0.3, -0.25) is 14.4 Å². The number of Topliss-reactive ketones (excluding diaryl/α,β-unsaturated/α-hetero) is 2. The summed E-state index contributed by atoms with van der Waals surface area (Å²) in [5.41, 5.74) is 1.56. The van der Waals surface area contributed by atoms with Crippen LogP contribution in [0.25, 0.3) is 6.08 Å². The van der Waals surface area contributed by atoms with Gasteiger partial charge in [-0.25, -0.2) is 0 Å². The van der Waals surface area contributed by atoms with Crippen LogP contribution in [0.2, 0.25) is 0 Å². The lowest BCUT2D eigenvalue weighted by Gasteiger charge is -2.01. The topological polar surface area (TPSA) is 63.2 Å². The first-order chi connectivity index (χ1) is 8.04. The Bertz CT molecular complexity index is 456. The second-order valence-corrected chi connectivity index (χ2v) is 3.55. The summed E-state index contributed by atoms with van der Waals surface area (Å²) < 4.78 is 0. The molecule has 88 valence electrons. The van der Waals surface area contributed by atoms with Crippen molar-refractivity contribution in [1.82, 2.24) is 0 Å². The Morgan fingerprint density at radius 1 is 1.06 bits per heavy atom. The van der Waals surface area contributed by atoms with E-state index in [0.29, 0.717) is 12.1 Å². The number of benzene rings is 1. The molecule has 0 saturated heterocycles. The van der Waals surface area contributed by atoms with E-state index in [4.69, 9.17) is 0 Å². The van der Waals surface area contributed by atoms with Crippen LogP contribution in [-0.2, 0) is 14.4 Å². The van der Waals surface area contributed by atoms with Crippen molar-refractivity contribution in [2.75, 3.05) is 5.32 Å². The quantitative estimate of drug-likeness (QED) is 0.364. The summed E-state index contributed by atoms with van der Waals surface area (Å²) in [5.74, 6) is -0.514. The van der Waals surface area contributed by atoms with Crippen molar-refractivity contribution < 1.29 is 14.4 Å². The van der Waals surface area contributed by atoms with E-state index in [1.165, 1.54) is 19.9 Å². The second-order valence-electron chi connectivity index (χ2n) is 3.55. The third-order valence-corrected chi connectivity index (χ3v) is 2.21. The predicted molar refractivity (Wildman–Crippen MR) is 65.5 cm³/mol. The summed E-state index contributed by atoms with van der Waals surface area (Å²) in [4.78, 5) is 32.6.